The Kier molecular flexibility index (Phi) is 3.56. The SMILES string of the molecule is COc1nnc(NC(=O)N2CCC(C)(C(=O)O)C2)s1. The van der Waals surface area contributed by atoms with Crippen molar-refractivity contribution in [2.45, 2.75) is 13.3 Å². The maximum atomic E-state index is 11.9. The number of rotatable bonds is 3. The van der Waals surface area contributed by atoms with Crippen LogP contribution in [0.2, 0.25) is 0 Å². The van der Waals surface area contributed by atoms with Gasteiger partial charge in [-0.2, -0.15) is 0 Å². The number of amides is 2. The number of aromatic nitrogens is 2. The molecule has 0 radical (unpaired) electrons. The zero-order valence-electron chi connectivity index (χ0n) is 10.5. The van der Waals surface area contributed by atoms with Gasteiger partial charge in [0, 0.05) is 13.1 Å². The number of ether oxygens (including phenoxy) is 1. The number of anilines is 1. The number of methoxy groups -OCH3 is 1. The number of carboxylic acids is 1. The first kappa shape index (κ1) is 13.5. The zero-order chi connectivity index (χ0) is 14.0. The summed E-state index contributed by atoms with van der Waals surface area (Å²) in [6, 6.07) is -0.372. The number of nitrogens with one attached hydrogen (secondary N) is 1. The van der Waals surface area contributed by atoms with E-state index < -0.39 is 11.4 Å². The lowest BCUT2D eigenvalue weighted by Crippen LogP contribution is -2.37. The summed E-state index contributed by atoms with van der Waals surface area (Å²) < 4.78 is 4.87. The fraction of sp³-hybridized carbons (Fsp3) is 0.600. The van der Waals surface area contributed by atoms with Crippen molar-refractivity contribution < 1.29 is 19.4 Å². The van der Waals surface area contributed by atoms with Gasteiger partial charge in [0.25, 0.3) is 5.19 Å². The fourth-order valence-electron chi connectivity index (χ4n) is 1.82. The number of urea groups is 1. The second kappa shape index (κ2) is 5.00. The van der Waals surface area contributed by atoms with Crippen LogP contribution in [0.1, 0.15) is 13.3 Å². The molecule has 2 amide bonds. The van der Waals surface area contributed by atoms with Gasteiger partial charge in [-0.25, -0.2) is 4.79 Å². The molecule has 2 heterocycles. The van der Waals surface area contributed by atoms with Gasteiger partial charge in [-0.3, -0.25) is 10.1 Å². The van der Waals surface area contributed by atoms with Gasteiger partial charge in [-0.05, 0) is 24.7 Å². The quantitative estimate of drug-likeness (QED) is 0.854. The summed E-state index contributed by atoms with van der Waals surface area (Å²) in [6.07, 6.45) is 0.440. The standard InChI is InChI=1S/C10H14N4O4S/c1-10(6(15)16)3-4-14(5-10)8(17)11-7-12-13-9(18-2)19-7/h3-5H2,1-2H3,(H,15,16)(H,11,12,17). The summed E-state index contributed by atoms with van der Waals surface area (Å²) in [5.74, 6) is -0.889. The summed E-state index contributed by atoms with van der Waals surface area (Å²) in [7, 11) is 1.46. The van der Waals surface area contributed by atoms with Crippen molar-refractivity contribution in [1.82, 2.24) is 15.1 Å². The molecule has 0 bridgehead atoms. The molecule has 1 aliphatic rings. The fourth-order valence-corrected chi connectivity index (χ4v) is 2.37. The van der Waals surface area contributed by atoms with Crippen LogP contribution in [0.4, 0.5) is 9.93 Å². The molecule has 1 saturated heterocycles. The van der Waals surface area contributed by atoms with Gasteiger partial charge < -0.3 is 14.7 Å². The van der Waals surface area contributed by atoms with E-state index in [4.69, 9.17) is 9.84 Å². The third kappa shape index (κ3) is 2.75. The lowest BCUT2D eigenvalue weighted by Gasteiger charge is -2.19. The molecule has 0 aromatic carbocycles. The third-order valence-electron chi connectivity index (χ3n) is 3.07. The van der Waals surface area contributed by atoms with Crippen LogP contribution in [0.25, 0.3) is 0 Å². The molecule has 104 valence electrons. The number of nitrogens with zero attached hydrogens (tertiary/aromatic N) is 3. The van der Waals surface area contributed by atoms with Crippen LogP contribution in [0.15, 0.2) is 0 Å². The minimum Gasteiger partial charge on any atom is -0.481 e. The second-order valence-electron chi connectivity index (χ2n) is 4.54. The molecule has 1 atom stereocenters. The Bertz CT molecular complexity index is 505. The monoisotopic (exact) mass is 286 g/mol. The summed E-state index contributed by atoms with van der Waals surface area (Å²) in [6.45, 7) is 2.23. The van der Waals surface area contributed by atoms with E-state index in [-0.39, 0.29) is 12.6 Å². The maximum Gasteiger partial charge on any atom is 0.323 e. The molecular formula is C10H14N4O4S. The first-order valence-electron chi connectivity index (χ1n) is 5.61. The van der Waals surface area contributed by atoms with Crippen molar-refractivity contribution in [3.63, 3.8) is 0 Å². The zero-order valence-corrected chi connectivity index (χ0v) is 11.4. The highest BCUT2D eigenvalue weighted by Gasteiger charge is 2.42. The minimum absolute atomic E-state index is 0.185. The summed E-state index contributed by atoms with van der Waals surface area (Å²) in [5, 5.41) is 19.8. The van der Waals surface area contributed by atoms with E-state index in [0.29, 0.717) is 23.3 Å². The highest BCUT2D eigenvalue weighted by molar-refractivity contribution is 7.17. The summed E-state index contributed by atoms with van der Waals surface area (Å²) in [5.41, 5.74) is -0.879. The predicted molar refractivity (Wildman–Crippen MR) is 67.4 cm³/mol. The topological polar surface area (TPSA) is 105 Å². The number of aliphatic carboxylic acids is 1. The molecule has 0 spiro atoms. The van der Waals surface area contributed by atoms with Crippen molar-refractivity contribution in [2.75, 3.05) is 25.5 Å². The number of carbonyl (C=O) groups is 2. The van der Waals surface area contributed by atoms with E-state index in [0.717, 1.165) is 11.3 Å². The first-order valence-corrected chi connectivity index (χ1v) is 6.43. The van der Waals surface area contributed by atoms with E-state index in [1.807, 2.05) is 0 Å². The van der Waals surface area contributed by atoms with E-state index in [2.05, 4.69) is 15.5 Å². The van der Waals surface area contributed by atoms with Gasteiger partial charge in [0.05, 0.1) is 12.5 Å². The lowest BCUT2D eigenvalue weighted by atomic mass is 9.90. The van der Waals surface area contributed by atoms with Gasteiger partial charge in [0.15, 0.2) is 0 Å². The van der Waals surface area contributed by atoms with Crippen molar-refractivity contribution in [1.29, 1.82) is 0 Å². The van der Waals surface area contributed by atoms with Crippen LogP contribution < -0.4 is 10.1 Å². The van der Waals surface area contributed by atoms with Gasteiger partial charge >= 0.3 is 12.0 Å². The van der Waals surface area contributed by atoms with Crippen LogP contribution in [0, 0.1) is 5.41 Å². The van der Waals surface area contributed by atoms with Crippen molar-refractivity contribution >= 4 is 28.5 Å². The van der Waals surface area contributed by atoms with E-state index >= 15 is 0 Å². The van der Waals surface area contributed by atoms with E-state index in [1.54, 1.807) is 6.92 Å². The first-order chi connectivity index (χ1) is 8.94. The van der Waals surface area contributed by atoms with E-state index in [9.17, 15) is 9.59 Å². The average molecular weight is 286 g/mol. The van der Waals surface area contributed by atoms with Crippen LogP contribution in [-0.4, -0.2) is 52.4 Å². The number of hydrogen-bond donors (Lipinski definition) is 2. The smallest absolute Gasteiger partial charge is 0.323 e. The molecule has 9 heteroatoms. The molecule has 2 rings (SSSR count). The van der Waals surface area contributed by atoms with Gasteiger partial charge in [-0.15, -0.1) is 5.10 Å². The highest BCUT2D eigenvalue weighted by Crippen LogP contribution is 2.30. The number of hydrogen-bond acceptors (Lipinski definition) is 6. The third-order valence-corrected chi connectivity index (χ3v) is 3.87. The largest absolute Gasteiger partial charge is 0.481 e. The molecule has 0 aliphatic carbocycles. The maximum absolute atomic E-state index is 11.9. The highest BCUT2D eigenvalue weighted by atomic mass is 32.1. The van der Waals surface area contributed by atoms with Crippen molar-refractivity contribution in [3.8, 4) is 5.19 Å². The van der Waals surface area contributed by atoms with Gasteiger partial charge in [0.1, 0.15) is 0 Å². The molecule has 0 saturated carbocycles. The van der Waals surface area contributed by atoms with Crippen LogP contribution in [0.5, 0.6) is 5.19 Å². The van der Waals surface area contributed by atoms with E-state index in [1.165, 1.54) is 12.0 Å². The average Bonchev–Trinajstić information content (AvgIpc) is 2.96. The molecule has 1 aromatic rings. The van der Waals surface area contributed by atoms with Crippen molar-refractivity contribution in [2.24, 2.45) is 5.41 Å². The van der Waals surface area contributed by atoms with Gasteiger partial charge in [0.2, 0.25) is 5.13 Å². The number of carbonyl (C=O) groups excluding carboxylic acids is 1. The molecule has 1 aromatic heterocycles. The second-order valence-corrected chi connectivity index (χ2v) is 5.48. The molecule has 8 nitrogen and oxygen atoms in total. The van der Waals surface area contributed by atoms with Crippen LogP contribution in [-0.2, 0) is 4.79 Å². The molecule has 1 aliphatic heterocycles. The lowest BCUT2D eigenvalue weighted by molar-refractivity contribution is -0.146. The normalized spacial score (nSPS) is 22.3. The Hall–Kier alpha value is -1.90. The Balaban J connectivity index is 1.96. The predicted octanol–water partition coefficient (Wildman–Crippen LogP) is 0.875. The number of carboxylic acid groups (broad SMARTS) is 1. The molecule has 1 unspecified atom stereocenters. The molecule has 2 N–H and O–H groups in total. The Labute approximate surface area is 113 Å². The number of likely N-dealkylation sites (tertiary alicyclic amines) is 1. The molecular weight excluding hydrogens is 272 g/mol. The molecule has 1 fully saturated rings. The minimum atomic E-state index is -0.889. The van der Waals surface area contributed by atoms with Crippen LogP contribution >= 0.6 is 11.3 Å². The summed E-state index contributed by atoms with van der Waals surface area (Å²) >= 11 is 1.11. The van der Waals surface area contributed by atoms with Crippen LogP contribution in [0.3, 0.4) is 0 Å². The van der Waals surface area contributed by atoms with Crippen molar-refractivity contribution in [3.05, 3.63) is 0 Å². The summed E-state index contributed by atoms with van der Waals surface area (Å²) in [4.78, 5) is 24.5. The molecule has 19 heavy (non-hydrogen) atoms. The van der Waals surface area contributed by atoms with Gasteiger partial charge in [-0.1, -0.05) is 5.10 Å². The Morgan fingerprint density at radius 2 is 2.26 bits per heavy atom. The Morgan fingerprint density at radius 1 is 1.53 bits per heavy atom. The Morgan fingerprint density at radius 3 is 2.79 bits per heavy atom.